The standard InChI is InChI=1S/C20H36O2/c1-2-3-4-5-6-9-13-18-15-12-16-19(18)14-10-7-8-11-17-20(21)22/h7,10,18-19H,2-6,8-9,11-17H2,1H3,(H,21,22)/b10-7-/t18-,19-/m0/s1. The fourth-order valence-corrected chi connectivity index (χ4v) is 3.75. The van der Waals surface area contributed by atoms with Crippen LogP contribution in [0, 0.1) is 11.8 Å². The van der Waals surface area contributed by atoms with E-state index in [1.807, 2.05) is 0 Å². The summed E-state index contributed by atoms with van der Waals surface area (Å²) < 4.78 is 0. The van der Waals surface area contributed by atoms with Gasteiger partial charge in [-0.15, -0.1) is 0 Å². The number of rotatable bonds is 13. The minimum absolute atomic E-state index is 0.300. The number of allylic oxidation sites excluding steroid dienone is 2. The molecule has 0 aromatic rings. The van der Waals surface area contributed by atoms with Crippen molar-refractivity contribution >= 4 is 5.97 Å². The summed E-state index contributed by atoms with van der Waals surface area (Å²) in [5.74, 6) is 1.17. The van der Waals surface area contributed by atoms with E-state index < -0.39 is 5.97 Å². The number of aliphatic carboxylic acids is 1. The van der Waals surface area contributed by atoms with Gasteiger partial charge in [-0.25, -0.2) is 0 Å². The Morgan fingerprint density at radius 1 is 1.00 bits per heavy atom. The largest absolute Gasteiger partial charge is 0.481 e. The normalized spacial score (nSPS) is 21.7. The summed E-state index contributed by atoms with van der Waals surface area (Å²) in [4.78, 5) is 10.4. The third-order valence-corrected chi connectivity index (χ3v) is 5.11. The van der Waals surface area contributed by atoms with E-state index in [4.69, 9.17) is 5.11 Å². The van der Waals surface area contributed by atoms with Gasteiger partial charge in [0.15, 0.2) is 0 Å². The topological polar surface area (TPSA) is 37.3 Å². The molecule has 0 unspecified atom stereocenters. The van der Waals surface area contributed by atoms with Gasteiger partial charge >= 0.3 is 5.97 Å². The average molecular weight is 309 g/mol. The maximum absolute atomic E-state index is 10.4. The predicted octanol–water partition coefficient (Wildman–Crippen LogP) is 6.35. The van der Waals surface area contributed by atoms with E-state index in [1.165, 1.54) is 70.6 Å². The van der Waals surface area contributed by atoms with Crippen molar-refractivity contribution in [3.8, 4) is 0 Å². The first-order valence-electron chi connectivity index (χ1n) is 9.60. The highest BCUT2D eigenvalue weighted by atomic mass is 16.4. The molecule has 0 aromatic heterocycles. The molecule has 2 heteroatoms. The summed E-state index contributed by atoms with van der Waals surface area (Å²) in [6.45, 7) is 2.28. The molecule has 1 aliphatic carbocycles. The second kappa shape index (κ2) is 12.7. The monoisotopic (exact) mass is 308 g/mol. The van der Waals surface area contributed by atoms with Gasteiger partial charge in [-0.05, 0) is 37.5 Å². The Balaban J connectivity index is 2.07. The maximum Gasteiger partial charge on any atom is 0.303 e. The highest BCUT2D eigenvalue weighted by Gasteiger charge is 2.25. The molecule has 0 heterocycles. The van der Waals surface area contributed by atoms with Crippen molar-refractivity contribution in [2.45, 2.75) is 96.8 Å². The van der Waals surface area contributed by atoms with E-state index in [0.29, 0.717) is 6.42 Å². The molecular formula is C20H36O2. The highest BCUT2D eigenvalue weighted by molar-refractivity contribution is 5.66. The maximum atomic E-state index is 10.4. The van der Waals surface area contributed by atoms with E-state index in [1.54, 1.807) is 0 Å². The van der Waals surface area contributed by atoms with Crippen LogP contribution >= 0.6 is 0 Å². The van der Waals surface area contributed by atoms with Crippen LogP contribution in [0.3, 0.4) is 0 Å². The minimum Gasteiger partial charge on any atom is -0.481 e. The minimum atomic E-state index is -0.678. The van der Waals surface area contributed by atoms with Crippen molar-refractivity contribution in [3.05, 3.63) is 12.2 Å². The molecule has 0 amide bonds. The van der Waals surface area contributed by atoms with E-state index in [0.717, 1.165) is 24.7 Å². The lowest BCUT2D eigenvalue weighted by Gasteiger charge is -2.18. The third kappa shape index (κ3) is 9.27. The smallest absolute Gasteiger partial charge is 0.303 e. The van der Waals surface area contributed by atoms with Crippen molar-refractivity contribution in [1.82, 2.24) is 0 Å². The second-order valence-corrected chi connectivity index (χ2v) is 7.00. The molecule has 1 rings (SSSR count). The molecule has 1 saturated carbocycles. The van der Waals surface area contributed by atoms with Gasteiger partial charge in [0.05, 0.1) is 0 Å². The highest BCUT2D eigenvalue weighted by Crippen LogP contribution is 2.37. The summed E-state index contributed by atoms with van der Waals surface area (Å²) in [7, 11) is 0. The SMILES string of the molecule is CCCCCCCC[C@H]1CCC[C@@H]1C/C=C\CCCC(=O)O. The van der Waals surface area contributed by atoms with Crippen molar-refractivity contribution < 1.29 is 9.90 Å². The summed E-state index contributed by atoms with van der Waals surface area (Å²) >= 11 is 0. The van der Waals surface area contributed by atoms with Crippen molar-refractivity contribution in [3.63, 3.8) is 0 Å². The number of hydrogen-bond donors (Lipinski definition) is 1. The number of hydrogen-bond acceptors (Lipinski definition) is 1. The average Bonchev–Trinajstić information content (AvgIpc) is 2.93. The molecule has 1 aliphatic rings. The van der Waals surface area contributed by atoms with Gasteiger partial charge in [0.2, 0.25) is 0 Å². The predicted molar refractivity (Wildman–Crippen MR) is 94.1 cm³/mol. The van der Waals surface area contributed by atoms with Gasteiger partial charge in [0.25, 0.3) is 0 Å². The van der Waals surface area contributed by atoms with Crippen LogP contribution in [0.2, 0.25) is 0 Å². The van der Waals surface area contributed by atoms with E-state index in [-0.39, 0.29) is 0 Å². The molecule has 128 valence electrons. The summed E-state index contributed by atoms with van der Waals surface area (Å²) in [6, 6.07) is 0. The lowest BCUT2D eigenvalue weighted by atomic mass is 9.88. The van der Waals surface area contributed by atoms with Crippen LogP contribution in [0.5, 0.6) is 0 Å². The fraction of sp³-hybridized carbons (Fsp3) is 0.850. The zero-order valence-corrected chi connectivity index (χ0v) is 14.6. The molecular weight excluding hydrogens is 272 g/mol. The van der Waals surface area contributed by atoms with Gasteiger partial charge in [-0.1, -0.05) is 76.9 Å². The van der Waals surface area contributed by atoms with Crippen LogP contribution in [0.25, 0.3) is 0 Å². The lowest BCUT2D eigenvalue weighted by Crippen LogP contribution is -2.07. The van der Waals surface area contributed by atoms with E-state index in [2.05, 4.69) is 19.1 Å². The molecule has 0 bridgehead atoms. The van der Waals surface area contributed by atoms with Crippen LogP contribution in [-0.2, 0) is 4.79 Å². The molecule has 0 saturated heterocycles. The Labute approximate surface area is 137 Å². The van der Waals surface area contributed by atoms with Gasteiger partial charge < -0.3 is 5.11 Å². The van der Waals surface area contributed by atoms with Crippen molar-refractivity contribution in [2.24, 2.45) is 11.8 Å². The van der Waals surface area contributed by atoms with E-state index in [9.17, 15) is 4.79 Å². The fourth-order valence-electron chi connectivity index (χ4n) is 3.75. The summed E-state index contributed by atoms with van der Waals surface area (Å²) in [5, 5.41) is 8.60. The van der Waals surface area contributed by atoms with Gasteiger partial charge in [0, 0.05) is 6.42 Å². The first-order chi connectivity index (χ1) is 10.7. The quantitative estimate of drug-likeness (QED) is 0.318. The molecule has 0 aromatic carbocycles. The first-order valence-corrected chi connectivity index (χ1v) is 9.60. The number of carbonyl (C=O) groups is 1. The van der Waals surface area contributed by atoms with Crippen molar-refractivity contribution in [1.29, 1.82) is 0 Å². The molecule has 2 nitrogen and oxygen atoms in total. The molecule has 2 atom stereocenters. The van der Waals surface area contributed by atoms with Crippen LogP contribution in [0.1, 0.15) is 96.8 Å². The van der Waals surface area contributed by atoms with Crippen LogP contribution in [-0.4, -0.2) is 11.1 Å². The lowest BCUT2D eigenvalue weighted by molar-refractivity contribution is -0.137. The van der Waals surface area contributed by atoms with Gasteiger partial charge in [-0.3, -0.25) is 4.79 Å². The molecule has 0 radical (unpaired) electrons. The van der Waals surface area contributed by atoms with Crippen molar-refractivity contribution in [2.75, 3.05) is 0 Å². The van der Waals surface area contributed by atoms with Crippen LogP contribution in [0.15, 0.2) is 12.2 Å². The zero-order valence-electron chi connectivity index (χ0n) is 14.6. The van der Waals surface area contributed by atoms with Crippen LogP contribution in [0.4, 0.5) is 0 Å². The first kappa shape index (κ1) is 19.3. The Hall–Kier alpha value is -0.790. The number of unbranched alkanes of at least 4 members (excludes halogenated alkanes) is 6. The number of carboxylic acids is 1. The zero-order chi connectivity index (χ0) is 16.0. The Morgan fingerprint density at radius 3 is 2.50 bits per heavy atom. The Morgan fingerprint density at radius 2 is 1.73 bits per heavy atom. The summed E-state index contributed by atoms with van der Waals surface area (Å²) in [5.41, 5.74) is 0. The Kier molecular flexibility index (Phi) is 11.1. The van der Waals surface area contributed by atoms with Crippen LogP contribution < -0.4 is 0 Å². The molecule has 1 N–H and O–H groups in total. The molecule has 1 fully saturated rings. The molecule has 22 heavy (non-hydrogen) atoms. The van der Waals surface area contributed by atoms with E-state index >= 15 is 0 Å². The van der Waals surface area contributed by atoms with Gasteiger partial charge in [-0.2, -0.15) is 0 Å². The molecule has 0 aliphatic heterocycles. The summed E-state index contributed by atoms with van der Waals surface area (Å²) in [6.07, 6.45) is 21.8. The Bertz CT molecular complexity index is 309. The molecule has 0 spiro atoms. The third-order valence-electron chi connectivity index (χ3n) is 5.11. The van der Waals surface area contributed by atoms with Gasteiger partial charge in [0.1, 0.15) is 0 Å². The number of carboxylic acid groups (broad SMARTS) is 1. The second-order valence-electron chi connectivity index (χ2n) is 7.00.